The summed E-state index contributed by atoms with van der Waals surface area (Å²) in [6, 6.07) is 3.52. The highest BCUT2D eigenvalue weighted by molar-refractivity contribution is 5.17. The molecule has 15 heavy (non-hydrogen) atoms. The average molecular weight is 205 g/mol. The van der Waals surface area contributed by atoms with Crippen molar-refractivity contribution in [2.45, 2.75) is 13.1 Å². The van der Waals surface area contributed by atoms with Gasteiger partial charge in [-0.15, -0.1) is 0 Å². The monoisotopic (exact) mass is 205 g/mol. The summed E-state index contributed by atoms with van der Waals surface area (Å²) in [5.41, 5.74) is 6.12. The van der Waals surface area contributed by atoms with Crippen LogP contribution in [0.25, 0.3) is 0 Å². The molecule has 0 saturated heterocycles. The van der Waals surface area contributed by atoms with Gasteiger partial charge in [-0.25, -0.2) is 9.78 Å². The van der Waals surface area contributed by atoms with E-state index in [4.69, 9.17) is 10.2 Å². The van der Waals surface area contributed by atoms with Gasteiger partial charge in [0.25, 0.3) is 0 Å². The molecule has 0 radical (unpaired) electrons. The van der Waals surface area contributed by atoms with Crippen LogP contribution in [0.5, 0.6) is 0 Å². The molecule has 0 amide bonds. The van der Waals surface area contributed by atoms with Crippen molar-refractivity contribution in [3.63, 3.8) is 0 Å². The van der Waals surface area contributed by atoms with Gasteiger partial charge < -0.3 is 10.2 Å². The summed E-state index contributed by atoms with van der Waals surface area (Å²) in [6.07, 6.45) is 4.72. The zero-order chi connectivity index (χ0) is 10.7. The number of furan rings is 1. The molecule has 2 N–H and O–H groups in total. The third-order valence-electron chi connectivity index (χ3n) is 2.15. The van der Waals surface area contributed by atoms with Crippen LogP contribution < -0.4 is 11.4 Å². The highest BCUT2D eigenvalue weighted by Gasteiger charge is 2.05. The van der Waals surface area contributed by atoms with Gasteiger partial charge in [-0.2, -0.15) is 0 Å². The lowest BCUT2D eigenvalue weighted by Crippen LogP contribution is -2.22. The molecule has 0 saturated carbocycles. The minimum Gasteiger partial charge on any atom is -0.468 e. The molecule has 2 aromatic heterocycles. The van der Waals surface area contributed by atoms with Crippen molar-refractivity contribution < 1.29 is 4.42 Å². The Morgan fingerprint density at radius 2 is 2.40 bits per heavy atom. The van der Waals surface area contributed by atoms with Crippen LogP contribution in [0.4, 0.5) is 0 Å². The van der Waals surface area contributed by atoms with E-state index in [2.05, 4.69) is 4.98 Å². The SMILES string of the molecule is NCc1occc1Cn1cccnc1=O. The quantitative estimate of drug-likeness (QED) is 0.784. The van der Waals surface area contributed by atoms with Gasteiger partial charge in [0.2, 0.25) is 0 Å². The Labute approximate surface area is 86.2 Å². The summed E-state index contributed by atoms with van der Waals surface area (Å²) < 4.78 is 6.67. The van der Waals surface area contributed by atoms with Gasteiger partial charge in [0, 0.05) is 18.0 Å². The summed E-state index contributed by atoms with van der Waals surface area (Å²) in [5.74, 6) is 0.700. The maximum absolute atomic E-state index is 11.3. The highest BCUT2D eigenvalue weighted by atomic mass is 16.3. The van der Waals surface area contributed by atoms with Crippen LogP contribution in [0.2, 0.25) is 0 Å². The first-order valence-electron chi connectivity index (χ1n) is 4.58. The van der Waals surface area contributed by atoms with Crippen molar-refractivity contribution in [1.29, 1.82) is 0 Å². The zero-order valence-electron chi connectivity index (χ0n) is 8.09. The van der Waals surface area contributed by atoms with E-state index in [1.807, 2.05) is 6.07 Å². The van der Waals surface area contributed by atoms with E-state index in [9.17, 15) is 4.79 Å². The molecule has 0 bridgehead atoms. The smallest absolute Gasteiger partial charge is 0.347 e. The van der Waals surface area contributed by atoms with Crippen LogP contribution in [0.3, 0.4) is 0 Å². The number of nitrogens with two attached hydrogens (primary N) is 1. The molecule has 2 heterocycles. The molecule has 0 unspecified atom stereocenters. The van der Waals surface area contributed by atoms with Crippen molar-refractivity contribution in [2.75, 3.05) is 0 Å². The lowest BCUT2D eigenvalue weighted by molar-refractivity contribution is 0.504. The first-order chi connectivity index (χ1) is 7.31. The van der Waals surface area contributed by atoms with Crippen molar-refractivity contribution in [1.82, 2.24) is 9.55 Å². The molecule has 0 aliphatic rings. The lowest BCUT2D eigenvalue weighted by Gasteiger charge is -2.03. The molecule has 5 nitrogen and oxygen atoms in total. The molecule has 0 spiro atoms. The van der Waals surface area contributed by atoms with Crippen molar-refractivity contribution in [2.24, 2.45) is 5.73 Å². The van der Waals surface area contributed by atoms with Gasteiger partial charge in [0.1, 0.15) is 5.76 Å². The third kappa shape index (κ3) is 1.97. The van der Waals surface area contributed by atoms with Crippen LogP contribution in [-0.2, 0) is 13.1 Å². The summed E-state index contributed by atoms with van der Waals surface area (Å²) >= 11 is 0. The highest BCUT2D eigenvalue weighted by Crippen LogP contribution is 2.10. The first kappa shape index (κ1) is 9.67. The maximum Gasteiger partial charge on any atom is 0.347 e. The van der Waals surface area contributed by atoms with Gasteiger partial charge in [-0.1, -0.05) is 0 Å². The molecule has 78 valence electrons. The predicted octanol–water partition coefficient (Wildman–Crippen LogP) is 0.343. The van der Waals surface area contributed by atoms with Gasteiger partial charge >= 0.3 is 5.69 Å². The van der Waals surface area contributed by atoms with Crippen molar-refractivity contribution in [3.8, 4) is 0 Å². The summed E-state index contributed by atoms with van der Waals surface area (Å²) in [5, 5.41) is 0. The molecule has 0 fully saturated rings. The van der Waals surface area contributed by atoms with E-state index in [0.717, 1.165) is 5.56 Å². The normalized spacial score (nSPS) is 10.5. The Bertz CT molecular complexity index is 501. The van der Waals surface area contributed by atoms with Crippen molar-refractivity contribution >= 4 is 0 Å². The van der Waals surface area contributed by atoms with E-state index in [1.54, 1.807) is 18.5 Å². The van der Waals surface area contributed by atoms with Gasteiger partial charge in [-0.05, 0) is 12.1 Å². The Hall–Kier alpha value is -1.88. The van der Waals surface area contributed by atoms with Crippen LogP contribution in [-0.4, -0.2) is 9.55 Å². The van der Waals surface area contributed by atoms with Crippen LogP contribution in [0.1, 0.15) is 11.3 Å². The molecule has 0 aliphatic carbocycles. The second kappa shape index (κ2) is 4.10. The largest absolute Gasteiger partial charge is 0.468 e. The van der Waals surface area contributed by atoms with E-state index >= 15 is 0 Å². The first-order valence-corrected chi connectivity index (χ1v) is 4.58. The van der Waals surface area contributed by atoms with Gasteiger partial charge in [-0.3, -0.25) is 4.57 Å². The zero-order valence-corrected chi connectivity index (χ0v) is 8.09. The van der Waals surface area contributed by atoms with Crippen LogP contribution >= 0.6 is 0 Å². The molecular weight excluding hydrogens is 194 g/mol. The third-order valence-corrected chi connectivity index (χ3v) is 2.15. The second-order valence-corrected chi connectivity index (χ2v) is 3.10. The topological polar surface area (TPSA) is 74.0 Å². The van der Waals surface area contributed by atoms with Gasteiger partial charge in [0.15, 0.2) is 0 Å². The summed E-state index contributed by atoms with van der Waals surface area (Å²) in [7, 11) is 0. The number of hydrogen-bond donors (Lipinski definition) is 1. The molecule has 0 atom stereocenters. The number of hydrogen-bond acceptors (Lipinski definition) is 4. The Morgan fingerprint density at radius 1 is 1.53 bits per heavy atom. The molecule has 0 aromatic carbocycles. The van der Waals surface area contributed by atoms with E-state index in [1.165, 1.54) is 10.8 Å². The summed E-state index contributed by atoms with van der Waals surface area (Å²) in [4.78, 5) is 15.0. The minimum absolute atomic E-state index is 0.276. The van der Waals surface area contributed by atoms with E-state index < -0.39 is 0 Å². The fourth-order valence-corrected chi connectivity index (χ4v) is 1.38. The molecule has 2 aromatic rings. The predicted molar refractivity (Wildman–Crippen MR) is 54.2 cm³/mol. The number of rotatable bonds is 3. The Balaban J connectivity index is 2.30. The minimum atomic E-state index is -0.276. The Morgan fingerprint density at radius 3 is 3.13 bits per heavy atom. The number of nitrogens with zero attached hydrogens (tertiary/aromatic N) is 2. The summed E-state index contributed by atoms with van der Waals surface area (Å²) in [6.45, 7) is 0.771. The van der Waals surface area contributed by atoms with Crippen LogP contribution in [0.15, 0.2) is 40.0 Å². The van der Waals surface area contributed by atoms with E-state index in [-0.39, 0.29) is 5.69 Å². The average Bonchev–Trinajstić information content (AvgIpc) is 2.69. The Kier molecular flexibility index (Phi) is 2.64. The standard InChI is InChI=1S/C10H11N3O2/c11-6-9-8(2-5-15-9)7-13-4-1-3-12-10(13)14/h1-5H,6-7,11H2. The molecule has 5 heteroatoms. The number of aromatic nitrogens is 2. The van der Waals surface area contributed by atoms with E-state index in [0.29, 0.717) is 18.8 Å². The molecule has 0 aliphatic heterocycles. The second-order valence-electron chi connectivity index (χ2n) is 3.10. The fraction of sp³-hybridized carbons (Fsp3) is 0.200. The van der Waals surface area contributed by atoms with Gasteiger partial charge in [0.05, 0.1) is 19.4 Å². The molecule has 2 rings (SSSR count). The lowest BCUT2D eigenvalue weighted by atomic mass is 10.2. The van der Waals surface area contributed by atoms with Crippen molar-refractivity contribution in [3.05, 3.63) is 52.6 Å². The fourth-order valence-electron chi connectivity index (χ4n) is 1.38. The van der Waals surface area contributed by atoms with Crippen LogP contribution in [0, 0.1) is 0 Å². The maximum atomic E-state index is 11.3. The molecular formula is C10H11N3O2.